The molecule has 1 unspecified atom stereocenters. The number of nitrogens with zero attached hydrogens (tertiary/aromatic N) is 1. The predicted molar refractivity (Wildman–Crippen MR) is 59.1 cm³/mol. The Labute approximate surface area is 106 Å². The van der Waals surface area contributed by atoms with Gasteiger partial charge >= 0.3 is 6.18 Å². The fourth-order valence-corrected chi connectivity index (χ4v) is 1.81. The van der Waals surface area contributed by atoms with E-state index in [9.17, 15) is 18.3 Å². The number of rotatable bonds is 4. The summed E-state index contributed by atoms with van der Waals surface area (Å²) in [6.07, 6.45) is -5.19. The van der Waals surface area contributed by atoms with E-state index in [0.29, 0.717) is 5.02 Å². The molecule has 0 spiro atoms. The van der Waals surface area contributed by atoms with Crippen molar-refractivity contribution in [2.45, 2.75) is 31.5 Å². The van der Waals surface area contributed by atoms with E-state index >= 15 is 0 Å². The molecule has 0 aliphatic carbocycles. The van der Waals surface area contributed by atoms with E-state index in [0.717, 1.165) is 0 Å². The molecule has 7 heteroatoms. The molecule has 0 fully saturated rings. The SMILES string of the molecule is OC(CCCC(F)(F)F)c1ncc(Cl)cc1Cl. The van der Waals surface area contributed by atoms with Crippen LogP contribution in [0.1, 0.15) is 31.1 Å². The van der Waals surface area contributed by atoms with Crippen molar-refractivity contribution in [3.05, 3.63) is 28.0 Å². The summed E-state index contributed by atoms with van der Waals surface area (Å²) in [5.74, 6) is 0. The van der Waals surface area contributed by atoms with Crippen molar-refractivity contribution in [1.82, 2.24) is 4.98 Å². The van der Waals surface area contributed by atoms with Crippen molar-refractivity contribution in [2.75, 3.05) is 0 Å². The van der Waals surface area contributed by atoms with Crippen molar-refractivity contribution in [1.29, 1.82) is 0 Å². The molecule has 0 radical (unpaired) electrons. The van der Waals surface area contributed by atoms with E-state index in [2.05, 4.69) is 4.98 Å². The van der Waals surface area contributed by atoms with Crippen LogP contribution in [0, 0.1) is 0 Å². The summed E-state index contributed by atoms with van der Waals surface area (Å²) in [6.45, 7) is 0. The number of pyridine rings is 1. The van der Waals surface area contributed by atoms with Gasteiger partial charge in [-0.3, -0.25) is 4.98 Å². The third-order valence-corrected chi connectivity index (χ3v) is 2.60. The molecule has 0 aromatic carbocycles. The maximum atomic E-state index is 11.9. The number of hydrogen-bond acceptors (Lipinski definition) is 2. The molecule has 0 amide bonds. The lowest BCUT2D eigenvalue weighted by molar-refractivity contribution is -0.136. The van der Waals surface area contributed by atoms with Gasteiger partial charge in [0.1, 0.15) is 0 Å². The minimum Gasteiger partial charge on any atom is -0.387 e. The fraction of sp³-hybridized carbons (Fsp3) is 0.500. The average Bonchev–Trinajstić information content (AvgIpc) is 2.15. The van der Waals surface area contributed by atoms with Crippen LogP contribution < -0.4 is 0 Å². The molecule has 1 N–H and O–H groups in total. The Kier molecular flexibility index (Phi) is 5.04. The Morgan fingerprint density at radius 2 is 2.00 bits per heavy atom. The molecule has 96 valence electrons. The molecule has 1 rings (SSSR count). The van der Waals surface area contributed by atoms with Gasteiger partial charge in [-0.2, -0.15) is 13.2 Å². The van der Waals surface area contributed by atoms with E-state index in [4.69, 9.17) is 23.2 Å². The zero-order chi connectivity index (χ0) is 13.1. The van der Waals surface area contributed by atoms with Gasteiger partial charge in [0, 0.05) is 12.6 Å². The van der Waals surface area contributed by atoms with Gasteiger partial charge < -0.3 is 5.11 Å². The van der Waals surface area contributed by atoms with Crippen LogP contribution in [-0.2, 0) is 0 Å². The lowest BCUT2D eigenvalue weighted by atomic mass is 10.1. The second-order valence-corrected chi connectivity index (χ2v) is 4.39. The molecule has 17 heavy (non-hydrogen) atoms. The van der Waals surface area contributed by atoms with Crippen LogP contribution in [0.2, 0.25) is 10.0 Å². The lowest BCUT2D eigenvalue weighted by Gasteiger charge is -2.12. The molecule has 1 heterocycles. The third-order valence-electron chi connectivity index (χ3n) is 2.09. The Balaban J connectivity index is 2.55. The van der Waals surface area contributed by atoms with Gasteiger partial charge in [-0.15, -0.1) is 0 Å². The van der Waals surface area contributed by atoms with Crippen LogP contribution in [0.4, 0.5) is 13.2 Å². The topological polar surface area (TPSA) is 33.1 Å². The minimum atomic E-state index is -4.21. The number of aliphatic hydroxyl groups excluding tert-OH is 1. The van der Waals surface area contributed by atoms with Crippen molar-refractivity contribution in [3.63, 3.8) is 0 Å². The first-order valence-corrected chi connectivity index (χ1v) is 5.61. The Morgan fingerprint density at radius 1 is 1.35 bits per heavy atom. The summed E-state index contributed by atoms with van der Waals surface area (Å²) in [6, 6.07) is 1.39. The molecular weight excluding hydrogens is 278 g/mol. The van der Waals surface area contributed by atoms with Gasteiger partial charge in [-0.1, -0.05) is 23.2 Å². The van der Waals surface area contributed by atoms with Gasteiger partial charge in [-0.25, -0.2) is 0 Å². The van der Waals surface area contributed by atoms with E-state index in [1.807, 2.05) is 0 Å². The van der Waals surface area contributed by atoms with Crippen LogP contribution in [0.5, 0.6) is 0 Å². The van der Waals surface area contributed by atoms with E-state index in [1.165, 1.54) is 12.3 Å². The van der Waals surface area contributed by atoms with Crippen LogP contribution in [0.15, 0.2) is 12.3 Å². The molecule has 2 nitrogen and oxygen atoms in total. The quantitative estimate of drug-likeness (QED) is 0.902. The Hall–Kier alpha value is -0.520. The number of halogens is 5. The summed E-state index contributed by atoms with van der Waals surface area (Å²) < 4.78 is 35.7. The van der Waals surface area contributed by atoms with E-state index < -0.39 is 18.7 Å². The van der Waals surface area contributed by atoms with Gasteiger partial charge in [0.25, 0.3) is 0 Å². The first-order valence-electron chi connectivity index (χ1n) is 4.85. The molecule has 0 bridgehead atoms. The molecular formula is C10H10Cl2F3NO. The summed E-state index contributed by atoms with van der Waals surface area (Å²) >= 11 is 11.4. The number of aliphatic hydroxyl groups is 1. The molecule has 1 aromatic heterocycles. The smallest absolute Gasteiger partial charge is 0.387 e. The highest BCUT2D eigenvalue weighted by Gasteiger charge is 2.27. The van der Waals surface area contributed by atoms with E-state index in [-0.39, 0.29) is 23.6 Å². The summed E-state index contributed by atoms with van der Waals surface area (Å²) in [7, 11) is 0. The third kappa shape index (κ3) is 5.10. The van der Waals surface area contributed by atoms with Gasteiger partial charge in [0.2, 0.25) is 0 Å². The fourth-order valence-electron chi connectivity index (χ4n) is 1.30. The molecule has 0 saturated heterocycles. The monoisotopic (exact) mass is 287 g/mol. The lowest BCUT2D eigenvalue weighted by Crippen LogP contribution is -2.08. The zero-order valence-corrected chi connectivity index (χ0v) is 10.1. The van der Waals surface area contributed by atoms with Crippen molar-refractivity contribution >= 4 is 23.2 Å². The van der Waals surface area contributed by atoms with Crippen molar-refractivity contribution < 1.29 is 18.3 Å². The number of hydrogen-bond donors (Lipinski definition) is 1. The minimum absolute atomic E-state index is 0.0478. The normalized spacial score (nSPS) is 13.8. The standard InChI is InChI=1S/C10H10Cl2F3NO/c11-6-4-7(12)9(16-5-6)8(17)2-1-3-10(13,14)15/h4-5,8,17H,1-3H2. The van der Waals surface area contributed by atoms with Crippen LogP contribution in [0.25, 0.3) is 0 Å². The van der Waals surface area contributed by atoms with Gasteiger partial charge in [0.15, 0.2) is 0 Å². The molecule has 0 aliphatic rings. The highest BCUT2D eigenvalue weighted by molar-refractivity contribution is 6.34. The van der Waals surface area contributed by atoms with Crippen molar-refractivity contribution in [2.24, 2.45) is 0 Å². The largest absolute Gasteiger partial charge is 0.389 e. The highest BCUT2D eigenvalue weighted by Crippen LogP contribution is 2.29. The second kappa shape index (κ2) is 5.89. The Morgan fingerprint density at radius 3 is 2.53 bits per heavy atom. The molecule has 1 atom stereocenters. The first kappa shape index (κ1) is 14.5. The van der Waals surface area contributed by atoms with Crippen molar-refractivity contribution in [3.8, 4) is 0 Å². The average molecular weight is 288 g/mol. The van der Waals surface area contributed by atoms with Gasteiger partial charge in [0.05, 0.1) is 21.8 Å². The first-order chi connectivity index (χ1) is 7.79. The van der Waals surface area contributed by atoms with Crippen LogP contribution in [-0.4, -0.2) is 16.3 Å². The van der Waals surface area contributed by atoms with Crippen LogP contribution >= 0.6 is 23.2 Å². The summed E-state index contributed by atoms with van der Waals surface area (Å²) in [5, 5.41) is 10.1. The molecule has 0 aliphatic heterocycles. The zero-order valence-electron chi connectivity index (χ0n) is 8.64. The number of aromatic nitrogens is 1. The van der Waals surface area contributed by atoms with Gasteiger partial charge in [-0.05, 0) is 18.9 Å². The maximum Gasteiger partial charge on any atom is 0.389 e. The highest BCUT2D eigenvalue weighted by atomic mass is 35.5. The summed E-state index contributed by atoms with van der Waals surface area (Å²) in [5.41, 5.74) is 0.151. The molecule has 0 saturated carbocycles. The predicted octanol–water partition coefficient (Wildman–Crippen LogP) is 4.15. The maximum absolute atomic E-state index is 11.9. The summed E-state index contributed by atoms with van der Waals surface area (Å²) in [4.78, 5) is 3.80. The van der Waals surface area contributed by atoms with Crippen LogP contribution in [0.3, 0.4) is 0 Å². The van der Waals surface area contributed by atoms with E-state index in [1.54, 1.807) is 0 Å². The molecule has 1 aromatic rings. The number of alkyl halides is 3. The Bertz CT molecular complexity index is 384. The second-order valence-electron chi connectivity index (χ2n) is 3.54.